The van der Waals surface area contributed by atoms with Gasteiger partial charge in [0, 0.05) is 17.3 Å². The number of rotatable bonds is 2. The molecule has 0 aromatic heterocycles. The van der Waals surface area contributed by atoms with E-state index in [0.29, 0.717) is 5.02 Å². The Morgan fingerprint density at radius 1 is 1.33 bits per heavy atom. The first-order valence-corrected chi connectivity index (χ1v) is 5.40. The third kappa shape index (κ3) is 3.08. The number of nitrogens with one attached hydrogen (secondary N) is 2. The first-order valence-electron chi connectivity index (χ1n) is 5.02. The summed E-state index contributed by atoms with van der Waals surface area (Å²) in [7, 11) is 0. The number of piperidine rings is 1. The van der Waals surface area contributed by atoms with E-state index in [1.54, 1.807) is 6.07 Å². The quantitative estimate of drug-likeness (QED) is 0.812. The Bertz CT molecular complexity index is 317. The minimum atomic E-state index is -0.311. The third-order valence-electron chi connectivity index (χ3n) is 2.35. The highest BCUT2D eigenvalue weighted by molar-refractivity contribution is 6.30. The molecule has 0 bridgehead atoms. The van der Waals surface area contributed by atoms with Gasteiger partial charge in [0.1, 0.15) is 5.82 Å². The maximum atomic E-state index is 13.0. The summed E-state index contributed by atoms with van der Waals surface area (Å²) in [6, 6.07) is 5.67. The monoisotopic (exact) mass is 227 g/mol. The Kier molecular flexibility index (Phi) is 3.44. The molecule has 0 atom stereocenters. The van der Waals surface area contributed by atoms with Gasteiger partial charge in [-0.3, -0.25) is 0 Å². The molecule has 15 heavy (non-hydrogen) atoms. The molecule has 1 aromatic carbocycles. The second-order valence-corrected chi connectivity index (χ2v) is 4.10. The largest absolute Gasteiger partial charge is 0.376 e. The lowest BCUT2D eigenvalue weighted by molar-refractivity contribution is 0.557. The van der Waals surface area contributed by atoms with Gasteiger partial charge in [-0.1, -0.05) is 11.6 Å². The summed E-state index contributed by atoms with van der Waals surface area (Å²) >= 11 is 5.76. The van der Waals surface area contributed by atoms with Crippen LogP contribution in [0.3, 0.4) is 0 Å². The number of halogens is 2. The lowest BCUT2D eigenvalue weighted by Crippen LogP contribution is -2.32. The highest BCUT2D eigenvalue weighted by Gasteiger charge is 2.13. The molecule has 2 nitrogen and oxygen atoms in total. The summed E-state index contributed by atoms with van der Waals surface area (Å²) in [6.45, 7) is 1.89. The predicted molar refractivity (Wildman–Crippen MR) is 60.4 cm³/mol. The molecule has 1 aromatic rings. The summed E-state index contributed by atoms with van der Waals surface area (Å²) < 4.78 is 13.0. The third-order valence-corrected chi connectivity index (χ3v) is 2.57. The first kappa shape index (κ1) is 10.7. The van der Waals surface area contributed by atoms with E-state index in [1.165, 1.54) is 18.2 Å². The molecular formula is C11H13ClFN2. The van der Waals surface area contributed by atoms with Gasteiger partial charge >= 0.3 is 0 Å². The molecule has 1 saturated heterocycles. The summed E-state index contributed by atoms with van der Waals surface area (Å²) in [5.41, 5.74) is 0.721. The van der Waals surface area contributed by atoms with E-state index in [2.05, 4.69) is 10.6 Å². The molecule has 0 amide bonds. The van der Waals surface area contributed by atoms with Crippen molar-refractivity contribution in [3.63, 3.8) is 0 Å². The average Bonchev–Trinajstić information content (AvgIpc) is 2.17. The van der Waals surface area contributed by atoms with Gasteiger partial charge in [-0.05, 0) is 37.6 Å². The fourth-order valence-corrected chi connectivity index (χ4v) is 1.91. The molecule has 0 saturated carbocycles. The van der Waals surface area contributed by atoms with E-state index in [-0.39, 0.29) is 5.82 Å². The Labute approximate surface area is 93.8 Å². The smallest absolute Gasteiger partial charge is 0.126 e. The van der Waals surface area contributed by atoms with Crippen LogP contribution in [0.1, 0.15) is 12.8 Å². The zero-order valence-electron chi connectivity index (χ0n) is 8.32. The number of benzene rings is 1. The number of anilines is 1. The van der Waals surface area contributed by atoms with Crippen LogP contribution in [0.25, 0.3) is 0 Å². The maximum absolute atomic E-state index is 13.0. The first-order chi connectivity index (χ1) is 7.24. The van der Waals surface area contributed by atoms with Crippen LogP contribution < -0.4 is 10.6 Å². The molecule has 2 rings (SSSR count). The molecule has 1 aliphatic rings. The van der Waals surface area contributed by atoms with Crippen LogP contribution in [0.5, 0.6) is 0 Å². The van der Waals surface area contributed by atoms with E-state index >= 15 is 0 Å². The van der Waals surface area contributed by atoms with Gasteiger partial charge in [0.25, 0.3) is 0 Å². The van der Waals surface area contributed by atoms with Crippen molar-refractivity contribution in [3.8, 4) is 0 Å². The van der Waals surface area contributed by atoms with Gasteiger partial charge in [-0.15, -0.1) is 0 Å². The van der Waals surface area contributed by atoms with Crippen molar-refractivity contribution in [1.29, 1.82) is 0 Å². The van der Waals surface area contributed by atoms with Crippen LogP contribution in [0, 0.1) is 11.9 Å². The van der Waals surface area contributed by atoms with Crippen LogP contribution >= 0.6 is 11.6 Å². The highest BCUT2D eigenvalue weighted by atomic mass is 35.5. The second-order valence-electron chi connectivity index (χ2n) is 3.67. The van der Waals surface area contributed by atoms with Gasteiger partial charge in [-0.25, -0.2) is 4.39 Å². The fraction of sp³-hybridized carbons (Fsp3) is 0.364. The zero-order chi connectivity index (χ0) is 10.7. The highest BCUT2D eigenvalue weighted by Crippen LogP contribution is 2.22. The molecule has 81 valence electrons. The molecule has 1 heterocycles. The fourth-order valence-electron chi connectivity index (χ4n) is 1.69. The molecule has 1 radical (unpaired) electrons. The molecule has 0 spiro atoms. The van der Waals surface area contributed by atoms with Crippen molar-refractivity contribution in [2.24, 2.45) is 0 Å². The van der Waals surface area contributed by atoms with Crippen LogP contribution in [0.15, 0.2) is 18.2 Å². The SMILES string of the molecule is Fc1cc(Cl)cc(N[C]2CCCNC2)c1. The average molecular weight is 228 g/mol. The Morgan fingerprint density at radius 3 is 2.87 bits per heavy atom. The summed E-state index contributed by atoms with van der Waals surface area (Å²) in [5, 5.41) is 6.87. The Hall–Kier alpha value is -0.800. The standard InChI is InChI=1S/C11H13ClFN2/c12-8-4-9(13)6-11(5-8)15-10-2-1-3-14-7-10/h4-6,14-15H,1-3,7H2. The van der Waals surface area contributed by atoms with E-state index in [4.69, 9.17) is 11.6 Å². The lowest BCUT2D eigenvalue weighted by Gasteiger charge is -2.23. The van der Waals surface area contributed by atoms with Crippen molar-refractivity contribution in [3.05, 3.63) is 35.1 Å². The van der Waals surface area contributed by atoms with E-state index in [1.807, 2.05) is 0 Å². The van der Waals surface area contributed by atoms with Crippen molar-refractivity contribution in [2.45, 2.75) is 12.8 Å². The van der Waals surface area contributed by atoms with E-state index < -0.39 is 0 Å². The van der Waals surface area contributed by atoms with Gasteiger partial charge in [-0.2, -0.15) is 0 Å². The lowest BCUT2D eigenvalue weighted by atomic mass is 10.1. The number of hydrogen-bond acceptors (Lipinski definition) is 2. The Morgan fingerprint density at radius 2 is 2.20 bits per heavy atom. The predicted octanol–water partition coefficient (Wildman–Crippen LogP) is 2.81. The molecular weight excluding hydrogens is 215 g/mol. The number of hydrogen-bond donors (Lipinski definition) is 2. The molecule has 2 N–H and O–H groups in total. The van der Waals surface area contributed by atoms with Crippen LogP contribution in [0.2, 0.25) is 5.02 Å². The topological polar surface area (TPSA) is 24.1 Å². The Balaban J connectivity index is 2.02. The summed E-state index contributed by atoms with van der Waals surface area (Å²) in [5.74, 6) is -0.311. The zero-order valence-corrected chi connectivity index (χ0v) is 9.07. The normalized spacial score (nSPS) is 17.7. The molecule has 1 aliphatic heterocycles. The van der Waals surface area contributed by atoms with Crippen molar-refractivity contribution < 1.29 is 4.39 Å². The van der Waals surface area contributed by atoms with E-state index in [9.17, 15) is 4.39 Å². The molecule has 0 unspecified atom stereocenters. The van der Waals surface area contributed by atoms with Crippen molar-refractivity contribution in [1.82, 2.24) is 5.32 Å². The van der Waals surface area contributed by atoms with Crippen LogP contribution in [-0.4, -0.2) is 13.1 Å². The van der Waals surface area contributed by atoms with E-state index in [0.717, 1.165) is 31.6 Å². The molecule has 0 aliphatic carbocycles. The van der Waals surface area contributed by atoms with Gasteiger partial charge in [0.05, 0.1) is 6.04 Å². The molecule has 1 fully saturated rings. The van der Waals surface area contributed by atoms with Crippen LogP contribution in [0.4, 0.5) is 10.1 Å². The van der Waals surface area contributed by atoms with Crippen LogP contribution in [-0.2, 0) is 0 Å². The van der Waals surface area contributed by atoms with Crippen molar-refractivity contribution >= 4 is 17.3 Å². The van der Waals surface area contributed by atoms with Gasteiger partial charge in [0.2, 0.25) is 0 Å². The minimum absolute atomic E-state index is 0.311. The van der Waals surface area contributed by atoms with Gasteiger partial charge < -0.3 is 10.6 Å². The second kappa shape index (κ2) is 4.81. The minimum Gasteiger partial charge on any atom is -0.376 e. The molecule has 4 heteroatoms. The summed E-state index contributed by atoms with van der Waals surface area (Å²) in [4.78, 5) is 0. The summed E-state index contributed by atoms with van der Waals surface area (Å²) in [6.07, 6.45) is 2.15. The maximum Gasteiger partial charge on any atom is 0.126 e. The van der Waals surface area contributed by atoms with Crippen molar-refractivity contribution in [2.75, 3.05) is 18.4 Å². The van der Waals surface area contributed by atoms with Gasteiger partial charge in [0.15, 0.2) is 0 Å².